The third-order valence-electron chi connectivity index (χ3n) is 12.2. The van der Waals surface area contributed by atoms with Gasteiger partial charge in [0.05, 0.1) is 35.4 Å². The molecule has 10 rings (SSSR count). The Balaban J connectivity index is 0.735. The van der Waals surface area contributed by atoms with E-state index >= 15 is 0 Å². The molecule has 7 heterocycles. The Kier molecular flexibility index (Phi) is 10.4. The summed E-state index contributed by atoms with van der Waals surface area (Å²) < 4.78 is 25.6. The zero-order valence-electron chi connectivity index (χ0n) is 32.1. The molecule has 3 aromatic carbocycles. The largest absolute Gasteiger partial charge is 0.493 e. The number of rotatable bonds is 12. The van der Waals surface area contributed by atoms with Crippen molar-refractivity contribution < 1.29 is 33.0 Å². The van der Waals surface area contributed by atoms with Crippen LogP contribution in [0.2, 0.25) is 5.02 Å². The molecule has 0 radical (unpaired) electrons. The molecule has 5 fully saturated rings. The lowest BCUT2D eigenvalue weighted by atomic mass is 9.85. The molecule has 0 spiro atoms. The highest BCUT2D eigenvalue weighted by atomic mass is 35.5. The number of anilines is 3. The Morgan fingerprint density at radius 1 is 0.914 bits per heavy atom. The van der Waals surface area contributed by atoms with Crippen LogP contribution in [-0.2, 0) is 9.59 Å². The molecule has 2 N–H and O–H groups in total. The molecule has 14 nitrogen and oxygen atoms in total. The summed E-state index contributed by atoms with van der Waals surface area (Å²) >= 11 is 5.99. The molecule has 16 heteroatoms. The van der Waals surface area contributed by atoms with E-state index in [2.05, 4.69) is 35.3 Å². The number of piperidine rings is 3. The second-order valence-electron chi connectivity index (χ2n) is 15.8. The number of fused-ring (bicyclic) bond motifs is 4. The van der Waals surface area contributed by atoms with Gasteiger partial charge in [-0.2, -0.15) is 0 Å². The van der Waals surface area contributed by atoms with E-state index in [9.17, 15) is 23.6 Å². The van der Waals surface area contributed by atoms with Crippen molar-refractivity contribution in [1.82, 2.24) is 30.0 Å². The average Bonchev–Trinajstić information content (AvgIpc) is 3.46. The van der Waals surface area contributed by atoms with Gasteiger partial charge < -0.3 is 24.6 Å². The Morgan fingerprint density at radius 3 is 2.47 bits per heavy atom. The Bertz CT molecular complexity index is 2290. The second kappa shape index (κ2) is 15.8. The third-order valence-corrected chi connectivity index (χ3v) is 12.5. The van der Waals surface area contributed by atoms with E-state index in [1.807, 2.05) is 24.3 Å². The van der Waals surface area contributed by atoms with Gasteiger partial charge in [0.15, 0.2) is 11.5 Å². The van der Waals surface area contributed by atoms with E-state index in [1.54, 1.807) is 19.2 Å². The quantitative estimate of drug-likeness (QED) is 0.146. The number of hydrogen-bond acceptors (Lipinski definition) is 12. The smallest absolute Gasteiger partial charge is 0.262 e. The average molecular weight is 811 g/mol. The van der Waals surface area contributed by atoms with Crippen molar-refractivity contribution in [3.8, 4) is 11.5 Å². The molecule has 6 aliphatic rings. The van der Waals surface area contributed by atoms with Crippen LogP contribution in [0.4, 0.5) is 21.6 Å². The van der Waals surface area contributed by atoms with Gasteiger partial charge in [-0.1, -0.05) is 11.6 Å². The van der Waals surface area contributed by atoms with Crippen molar-refractivity contribution in [3.63, 3.8) is 0 Å². The highest BCUT2D eigenvalue weighted by molar-refractivity contribution is 6.31. The summed E-state index contributed by atoms with van der Waals surface area (Å²) in [6.07, 6.45) is 5.95. The first kappa shape index (κ1) is 38.2. The predicted molar refractivity (Wildman–Crippen MR) is 214 cm³/mol. The summed E-state index contributed by atoms with van der Waals surface area (Å²) in [6, 6.07) is 13.3. The molecule has 4 aromatic rings. The number of likely N-dealkylation sites (tertiary alicyclic amines) is 1. The number of hydrogen-bond donors (Lipinski definition) is 2. The van der Waals surface area contributed by atoms with Crippen LogP contribution in [0.3, 0.4) is 0 Å². The summed E-state index contributed by atoms with van der Waals surface area (Å²) in [4.78, 5) is 68.0. The normalized spacial score (nSPS) is 22.6. The van der Waals surface area contributed by atoms with Gasteiger partial charge in [0.1, 0.15) is 24.0 Å². The van der Waals surface area contributed by atoms with Crippen molar-refractivity contribution in [1.29, 1.82) is 0 Å². The summed E-state index contributed by atoms with van der Waals surface area (Å²) in [5.41, 5.74) is 2.85. The van der Waals surface area contributed by atoms with Gasteiger partial charge in [0, 0.05) is 67.5 Å². The monoisotopic (exact) mass is 810 g/mol. The molecule has 5 saturated heterocycles. The zero-order chi connectivity index (χ0) is 40.1. The minimum Gasteiger partial charge on any atom is -0.493 e. The zero-order valence-corrected chi connectivity index (χ0v) is 32.8. The van der Waals surface area contributed by atoms with Crippen LogP contribution >= 0.6 is 11.6 Å². The lowest BCUT2D eigenvalue weighted by molar-refractivity contribution is -0.136. The molecule has 0 aliphatic carbocycles. The number of carbonyl (C=O) groups is 4. The predicted octanol–water partition coefficient (Wildman–Crippen LogP) is 5.02. The summed E-state index contributed by atoms with van der Waals surface area (Å²) in [5.74, 6) is -0.0751. The van der Waals surface area contributed by atoms with Gasteiger partial charge >= 0.3 is 0 Å². The second-order valence-corrected chi connectivity index (χ2v) is 16.2. The van der Waals surface area contributed by atoms with Crippen LogP contribution < -0.4 is 25.0 Å². The van der Waals surface area contributed by atoms with Crippen molar-refractivity contribution in [2.45, 2.75) is 56.7 Å². The van der Waals surface area contributed by atoms with Crippen LogP contribution in [-0.4, -0.2) is 119 Å². The number of ether oxygens (including phenoxy) is 2. The first-order valence-corrected chi connectivity index (χ1v) is 20.3. The van der Waals surface area contributed by atoms with Crippen LogP contribution in [0, 0.1) is 11.7 Å². The molecular weight excluding hydrogens is 767 g/mol. The number of piperazine rings is 1. The number of benzene rings is 3. The first-order valence-electron chi connectivity index (χ1n) is 19.9. The minimum absolute atomic E-state index is 0.0171. The SMILES string of the molecule is COc1cc2ncnc(Nc3ccc(F)c(Cl)c3)c2cc1OCCCN1CCC(CN2CC3CC(C2)N3c2ccc3c(c2)C(=O)N(C2CCC(=O)NC2=O)C3=O)CC1. The number of nitrogens with zero attached hydrogens (tertiary/aromatic N) is 6. The highest BCUT2D eigenvalue weighted by Crippen LogP contribution is 2.40. The van der Waals surface area contributed by atoms with Gasteiger partial charge in [-0.05, 0) is 93.6 Å². The fourth-order valence-corrected chi connectivity index (χ4v) is 9.44. The Labute approximate surface area is 339 Å². The van der Waals surface area contributed by atoms with Gasteiger partial charge in [0.2, 0.25) is 11.8 Å². The molecule has 2 bridgehead atoms. The lowest BCUT2D eigenvalue weighted by Gasteiger charge is -2.58. The molecule has 4 amide bonds. The topological polar surface area (TPSA) is 150 Å². The molecule has 302 valence electrons. The number of imide groups is 2. The fourth-order valence-electron chi connectivity index (χ4n) is 9.26. The van der Waals surface area contributed by atoms with Gasteiger partial charge in [0.25, 0.3) is 11.8 Å². The molecule has 3 unspecified atom stereocenters. The Hall–Kier alpha value is -5.38. The first-order chi connectivity index (χ1) is 28.1. The summed E-state index contributed by atoms with van der Waals surface area (Å²) in [5, 5.41) is 6.21. The van der Waals surface area contributed by atoms with Crippen LogP contribution in [0.25, 0.3) is 10.9 Å². The molecule has 58 heavy (non-hydrogen) atoms. The number of nitrogens with one attached hydrogen (secondary N) is 2. The standard InChI is InChI=1S/C42H44ClFN8O6/c1-57-36-19-34-31(39(46-23-45-34)47-25-3-6-33(44)32(43)15-25)18-37(36)58-14-2-11-49-12-9-24(10-13-49)20-50-21-27-16-28(22-50)51(27)26-4-5-29-30(17-26)42(56)52(41(29)55)35-7-8-38(53)48-40(35)54/h3-6,15,17-19,23-24,27-28,35H,2,7-14,16,20-22H2,1H3,(H,45,46,47)(H,48,53,54). The van der Waals surface area contributed by atoms with E-state index < -0.39 is 29.6 Å². The van der Waals surface area contributed by atoms with E-state index in [0.29, 0.717) is 64.3 Å². The van der Waals surface area contributed by atoms with Gasteiger partial charge in [-0.15, -0.1) is 0 Å². The van der Waals surface area contributed by atoms with E-state index in [4.69, 9.17) is 21.1 Å². The number of carbonyl (C=O) groups excluding carboxylic acids is 4. The van der Waals surface area contributed by atoms with Crippen LogP contribution in [0.1, 0.15) is 59.2 Å². The Morgan fingerprint density at radius 2 is 1.71 bits per heavy atom. The summed E-state index contributed by atoms with van der Waals surface area (Å²) in [6.45, 7) is 6.55. The van der Waals surface area contributed by atoms with Gasteiger partial charge in [-0.25, -0.2) is 14.4 Å². The lowest BCUT2D eigenvalue weighted by Crippen LogP contribution is -2.69. The van der Waals surface area contributed by atoms with E-state index in [-0.39, 0.29) is 23.8 Å². The van der Waals surface area contributed by atoms with Crippen LogP contribution in [0.5, 0.6) is 11.5 Å². The molecular formula is C42H44ClFN8O6. The number of methoxy groups -OCH3 is 1. The van der Waals surface area contributed by atoms with E-state index in [0.717, 1.165) is 80.9 Å². The van der Waals surface area contributed by atoms with Gasteiger partial charge in [-0.3, -0.25) is 34.3 Å². The maximum Gasteiger partial charge on any atom is 0.262 e. The number of halogens is 2. The summed E-state index contributed by atoms with van der Waals surface area (Å²) in [7, 11) is 1.60. The third kappa shape index (κ3) is 7.30. The van der Waals surface area contributed by atoms with Crippen molar-refractivity contribution >= 4 is 63.3 Å². The van der Waals surface area contributed by atoms with Crippen molar-refractivity contribution in [2.75, 3.05) is 63.2 Å². The number of aromatic nitrogens is 2. The fraction of sp³-hybridized carbons (Fsp3) is 0.429. The highest BCUT2D eigenvalue weighted by Gasteiger charge is 2.48. The maximum absolute atomic E-state index is 13.7. The molecule has 3 atom stereocenters. The van der Waals surface area contributed by atoms with Crippen LogP contribution in [0.15, 0.2) is 54.9 Å². The maximum atomic E-state index is 13.7. The van der Waals surface area contributed by atoms with E-state index in [1.165, 1.54) is 18.5 Å². The molecule has 0 saturated carbocycles. The molecule has 6 aliphatic heterocycles. The molecule has 1 aromatic heterocycles. The van der Waals surface area contributed by atoms with Crippen molar-refractivity contribution in [3.05, 3.63) is 76.8 Å². The number of amides is 4. The minimum atomic E-state index is -0.968. The van der Waals surface area contributed by atoms with Crippen molar-refractivity contribution in [2.24, 2.45) is 5.92 Å².